The Morgan fingerprint density at radius 3 is 0.719 bits per heavy atom. The van der Waals surface area contributed by atoms with E-state index < -0.39 is 81.7 Å². The van der Waals surface area contributed by atoms with Gasteiger partial charge in [0.2, 0.25) is 0 Å². The average Bonchev–Trinajstić information content (AvgIpc) is 2.66. The van der Waals surface area contributed by atoms with Gasteiger partial charge in [-0.2, -0.15) is 39.5 Å². The third kappa shape index (κ3) is 6.13. The van der Waals surface area contributed by atoms with Gasteiger partial charge in [-0.3, -0.25) is 13.6 Å². The summed E-state index contributed by atoms with van der Waals surface area (Å²) in [4.78, 5) is 0. The highest BCUT2D eigenvalue weighted by atomic mass is 31.2. The minimum absolute atomic E-state index is 0.939. The Hall–Kier alpha value is -0.520. The first-order valence-electron chi connectivity index (χ1n) is 10.2. The minimum Gasteiger partial charge on any atom is -0.271 e. The van der Waals surface area contributed by atoms with Gasteiger partial charge in [0.05, 0.1) is 0 Å². The summed E-state index contributed by atoms with van der Waals surface area (Å²) in [6.07, 6.45) is -21.6. The van der Waals surface area contributed by atoms with Gasteiger partial charge >= 0.3 is 26.4 Å². The van der Waals surface area contributed by atoms with Crippen molar-refractivity contribution in [3.63, 3.8) is 0 Å². The van der Waals surface area contributed by atoms with Crippen LogP contribution in [0.25, 0.3) is 0 Å². The van der Waals surface area contributed by atoms with Gasteiger partial charge in [-0.05, 0) is 38.5 Å². The Kier molecular flexibility index (Phi) is 10.2. The average molecular weight is 512 g/mol. The van der Waals surface area contributed by atoms with E-state index in [0.717, 1.165) is 41.5 Å². The van der Waals surface area contributed by atoms with E-state index >= 15 is 0 Å². The molecule has 0 saturated carbocycles. The first kappa shape index (κ1) is 31.5. The molecule has 0 heterocycles. The topological polar surface area (TPSA) is 44.8 Å². The monoisotopic (exact) mass is 512 g/mol. The quantitative estimate of drug-likeness (QED) is 0.194. The van der Waals surface area contributed by atoms with E-state index in [4.69, 9.17) is 0 Å². The maximum Gasteiger partial charge on any atom is 0.477 e. The van der Waals surface area contributed by atoms with Crippen LogP contribution in [0.2, 0.25) is 0 Å². The van der Waals surface area contributed by atoms with Crippen molar-refractivity contribution in [2.24, 2.45) is 0 Å². The maximum atomic E-state index is 13.8. The number of alkyl halides is 9. The fourth-order valence-corrected chi connectivity index (χ4v) is 5.67. The molecular weight excluding hydrogens is 482 g/mol. The van der Waals surface area contributed by atoms with Crippen molar-refractivity contribution in [1.82, 2.24) is 0 Å². The van der Waals surface area contributed by atoms with Crippen molar-refractivity contribution in [3.05, 3.63) is 0 Å². The number of rotatable bonds is 12. The van der Waals surface area contributed by atoms with Crippen LogP contribution < -0.4 is 0 Å². The van der Waals surface area contributed by atoms with Crippen LogP contribution in [0, 0.1) is 0 Å². The summed E-state index contributed by atoms with van der Waals surface area (Å²) in [5.41, 5.74) is -10.1. The van der Waals surface area contributed by atoms with Gasteiger partial charge in [0, 0.05) is 0 Å². The summed E-state index contributed by atoms with van der Waals surface area (Å²) < 4.78 is 151. The molecule has 0 atom stereocenters. The van der Waals surface area contributed by atoms with E-state index in [9.17, 15) is 44.1 Å². The fraction of sp³-hybridized carbons (Fsp3) is 1.00. The van der Waals surface area contributed by atoms with Crippen molar-refractivity contribution in [1.29, 1.82) is 0 Å². The molecule has 0 spiro atoms. The zero-order valence-corrected chi connectivity index (χ0v) is 19.6. The van der Waals surface area contributed by atoms with E-state index in [-0.39, 0.29) is 0 Å². The summed E-state index contributed by atoms with van der Waals surface area (Å²) >= 11 is 0. The van der Waals surface area contributed by atoms with Crippen molar-refractivity contribution >= 4 is 7.82 Å². The Labute approximate surface area is 181 Å². The van der Waals surface area contributed by atoms with Crippen molar-refractivity contribution in [3.8, 4) is 0 Å². The van der Waals surface area contributed by atoms with Crippen LogP contribution in [0.4, 0.5) is 39.5 Å². The van der Waals surface area contributed by atoms with Gasteiger partial charge in [0.1, 0.15) is 0 Å². The molecule has 0 aliphatic heterocycles. The molecular formula is C18H30F9O4P. The van der Waals surface area contributed by atoms with E-state index in [1.54, 1.807) is 0 Å². The summed E-state index contributed by atoms with van der Waals surface area (Å²) in [6, 6.07) is 0. The molecule has 0 aliphatic rings. The Morgan fingerprint density at radius 2 is 0.625 bits per heavy atom. The van der Waals surface area contributed by atoms with Crippen molar-refractivity contribution in [2.45, 2.75) is 115 Å². The van der Waals surface area contributed by atoms with Crippen LogP contribution >= 0.6 is 7.82 Å². The van der Waals surface area contributed by atoms with Gasteiger partial charge < -0.3 is 0 Å². The molecule has 32 heavy (non-hydrogen) atoms. The van der Waals surface area contributed by atoms with Crippen molar-refractivity contribution < 1.29 is 57.7 Å². The van der Waals surface area contributed by atoms with Gasteiger partial charge in [-0.15, -0.1) is 0 Å². The van der Waals surface area contributed by atoms with Gasteiger partial charge in [0.15, 0.2) is 16.8 Å². The Morgan fingerprint density at radius 1 is 0.469 bits per heavy atom. The minimum atomic E-state index is -6.13. The number of hydrogen-bond acceptors (Lipinski definition) is 4. The largest absolute Gasteiger partial charge is 0.477 e. The number of phosphoric ester groups is 1. The van der Waals surface area contributed by atoms with Gasteiger partial charge in [0.25, 0.3) is 0 Å². The van der Waals surface area contributed by atoms with E-state index in [0.29, 0.717) is 0 Å². The summed E-state index contributed by atoms with van der Waals surface area (Å²) in [7, 11) is -6.13. The summed E-state index contributed by atoms with van der Waals surface area (Å²) in [5, 5.41) is 0. The molecule has 0 bridgehead atoms. The molecule has 0 N–H and O–H groups in total. The highest BCUT2D eigenvalue weighted by Crippen LogP contribution is 2.65. The Balaban J connectivity index is 6.94. The molecule has 0 unspecified atom stereocenters. The smallest absolute Gasteiger partial charge is 0.271 e. The van der Waals surface area contributed by atoms with Crippen LogP contribution in [0.1, 0.15) is 80.1 Å². The lowest BCUT2D eigenvalue weighted by atomic mass is 9.97. The predicted molar refractivity (Wildman–Crippen MR) is 99.0 cm³/mol. The zero-order valence-electron chi connectivity index (χ0n) is 18.7. The third-order valence-electron chi connectivity index (χ3n) is 5.84. The van der Waals surface area contributed by atoms with E-state index in [1.807, 2.05) is 0 Å². The lowest BCUT2D eigenvalue weighted by Gasteiger charge is -2.43. The van der Waals surface area contributed by atoms with Crippen molar-refractivity contribution in [2.75, 3.05) is 0 Å². The maximum absolute atomic E-state index is 13.8. The number of halogens is 9. The molecule has 0 amide bonds. The van der Waals surface area contributed by atoms with Gasteiger partial charge in [-0.1, -0.05) is 41.5 Å². The molecule has 0 rings (SSSR count). The number of phosphoric acid groups is 1. The molecule has 0 aliphatic carbocycles. The molecule has 4 nitrogen and oxygen atoms in total. The molecule has 14 heteroatoms. The second kappa shape index (κ2) is 10.4. The fourth-order valence-electron chi connectivity index (χ4n) is 3.19. The molecule has 0 aromatic heterocycles. The molecule has 0 aromatic carbocycles. The molecule has 0 radical (unpaired) electrons. The van der Waals surface area contributed by atoms with Crippen LogP contribution in [-0.2, 0) is 18.1 Å². The van der Waals surface area contributed by atoms with Crippen LogP contribution in [0.5, 0.6) is 0 Å². The van der Waals surface area contributed by atoms with Crippen LogP contribution in [0.15, 0.2) is 0 Å². The van der Waals surface area contributed by atoms with E-state index in [1.165, 1.54) is 0 Å². The summed E-state index contributed by atoms with van der Waals surface area (Å²) in [6.45, 7) is 5.63. The Bertz CT molecular complexity index is 546. The first-order chi connectivity index (χ1) is 14.2. The third-order valence-corrected chi connectivity index (χ3v) is 7.56. The lowest BCUT2D eigenvalue weighted by molar-refractivity contribution is -0.292. The molecule has 0 aromatic rings. The summed E-state index contributed by atoms with van der Waals surface area (Å²) in [5.74, 6) is 0. The normalized spacial score (nSPS) is 15.3. The first-order valence-corrected chi connectivity index (χ1v) is 11.6. The molecule has 0 saturated heterocycles. The standard InChI is InChI=1S/C18H30F9O4P/c1-7-13(8-2,16(19,20)21)29-32(28,30-14(9-3,10-4)17(22,23)24)31-15(11-5,12-6)18(25,26)27/h7-12H2,1-6H3. The molecule has 194 valence electrons. The molecule has 0 fully saturated rings. The lowest BCUT2D eigenvalue weighted by Crippen LogP contribution is -2.52. The highest BCUT2D eigenvalue weighted by molar-refractivity contribution is 7.48. The highest BCUT2D eigenvalue weighted by Gasteiger charge is 2.66. The van der Waals surface area contributed by atoms with Gasteiger partial charge in [-0.25, -0.2) is 4.57 Å². The number of hydrogen-bond donors (Lipinski definition) is 0. The SMILES string of the molecule is CCC(CC)(OP(=O)(OC(CC)(CC)C(F)(F)F)OC(CC)(CC)C(F)(F)F)C(F)(F)F. The predicted octanol–water partition coefficient (Wildman–Crippen LogP) is 8.51. The zero-order chi connectivity index (χ0) is 25.9. The van der Waals surface area contributed by atoms with Crippen LogP contribution in [0.3, 0.4) is 0 Å². The second-order valence-electron chi connectivity index (χ2n) is 7.32. The van der Waals surface area contributed by atoms with E-state index in [2.05, 4.69) is 13.6 Å². The second-order valence-corrected chi connectivity index (χ2v) is 8.76. The van der Waals surface area contributed by atoms with Crippen LogP contribution in [-0.4, -0.2) is 35.3 Å².